The molecule has 3 rings (SSSR count). The van der Waals surface area contributed by atoms with E-state index in [0.29, 0.717) is 5.75 Å². The Balaban J connectivity index is 0.000000388. The lowest BCUT2D eigenvalue weighted by atomic mass is 10.1. The van der Waals surface area contributed by atoms with Gasteiger partial charge in [0.05, 0.1) is 5.92 Å². The first kappa shape index (κ1) is 30.3. The molecule has 0 saturated heterocycles. The monoisotopic (exact) mass is 573 g/mol. The molecule has 2 aromatic rings. The molecule has 3 unspecified atom stereocenters. The van der Waals surface area contributed by atoms with Crippen LogP contribution >= 0.6 is 41.3 Å². The number of halogens is 2. The van der Waals surface area contributed by atoms with Gasteiger partial charge in [-0.15, -0.1) is 0 Å². The van der Waals surface area contributed by atoms with Crippen LogP contribution in [0.1, 0.15) is 26.3 Å². The average molecular weight is 574 g/mol. The van der Waals surface area contributed by atoms with E-state index in [1.54, 1.807) is 12.3 Å². The first-order valence-corrected chi connectivity index (χ1v) is 15.1. The summed E-state index contributed by atoms with van der Waals surface area (Å²) in [5.41, 5.74) is 0.678. The van der Waals surface area contributed by atoms with Gasteiger partial charge in [-0.3, -0.25) is 19.2 Å². The van der Waals surface area contributed by atoms with E-state index in [4.69, 9.17) is 32.7 Å². The first-order chi connectivity index (χ1) is 16.9. The number of nitrogens with one attached hydrogen (secondary N) is 1. The van der Waals surface area contributed by atoms with Gasteiger partial charge in [-0.2, -0.15) is 0 Å². The maximum absolute atomic E-state index is 12.4. The molecule has 0 bridgehead atoms. The van der Waals surface area contributed by atoms with Crippen molar-refractivity contribution in [3.63, 3.8) is 0 Å². The van der Waals surface area contributed by atoms with Crippen molar-refractivity contribution < 1.29 is 28.2 Å². The lowest BCUT2D eigenvalue weighted by Crippen LogP contribution is -2.15. The first-order valence-electron chi connectivity index (χ1n) is 10.9. The quantitative estimate of drug-likeness (QED) is 0.247. The molecule has 0 heterocycles. The normalized spacial score (nSPS) is 19.0. The Kier molecular flexibility index (Phi) is 11.4. The highest BCUT2D eigenvalue weighted by Crippen LogP contribution is 2.60. The number of para-hydroxylation sites is 1. The molecule has 36 heavy (non-hydrogen) atoms. The largest absolute Gasteiger partial charge is 0.461 e. The summed E-state index contributed by atoms with van der Waals surface area (Å²) < 4.78 is 27.2. The zero-order valence-electron chi connectivity index (χ0n) is 20.7. The van der Waals surface area contributed by atoms with E-state index >= 15 is 0 Å². The third-order valence-corrected chi connectivity index (χ3v) is 9.47. The number of esters is 1. The molecule has 0 aromatic heterocycles. The molecule has 2 aromatic carbocycles. The Hall–Kier alpha value is -1.96. The maximum atomic E-state index is 12.4. The second kappa shape index (κ2) is 13.5. The van der Waals surface area contributed by atoms with Crippen LogP contribution in [-0.4, -0.2) is 25.2 Å². The number of hydrogen-bond acceptors (Lipinski definition) is 7. The fraction of sp³-hybridized carbons (Fsp3) is 0.360. The zero-order chi connectivity index (χ0) is 26.9. The lowest BCUT2D eigenvalue weighted by Gasteiger charge is -2.11. The molecule has 3 atom stereocenters. The third kappa shape index (κ3) is 9.16. The van der Waals surface area contributed by atoms with Crippen LogP contribution in [0.5, 0.6) is 11.5 Å². The molecule has 1 saturated carbocycles. The van der Waals surface area contributed by atoms with E-state index in [2.05, 4.69) is 9.61 Å². The fourth-order valence-corrected chi connectivity index (χ4v) is 5.60. The number of carbonyl (C=O) groups is 2. The summed E-state index contributed by atoms with van der Waals surface area (Å²) in [6.07, 6.45) is 3.32. The summed E-state index contributed by atoms with van der Waals surface area (Å²) in [7, 11) is 1.30. The number of amides is 1. The van der Waals surface area contributed by atoms with Gasteiger partial charge in [0, 0.05) is 14.0 Å². The number of ether oxygens (including phenoxy) is 2. The summed E-state index contributed by atoms with van der Waals surface area (Å²) in [5.74, 6) is 0.659. The van der Waals surface area contributed by atoms with Crippen LogP contribution < -0.4 is 9.82 Å². The van der Waals surface area contributed by atoms with Gasteiger partial charge in [-0.25, -0.2) is 0 Å². The Labute approximate surface area is 226 Å². The maximum Gasteiger partial charge on any atom is 0.352 e. The zero-order valence-corrected chi connectivity index (χ0v) is 23.9. The molecule has 1 fully saturated rings. The predicted octanol–water partition coefficient (Wildman–Crippen LogP) is 7.35. The van der Waals surface area contributed by atoms with E-state index in [1.165, 1.54) is 14.0 Å². The molecule has 1 aliphatic rings. The van der Waals surface area contributed by atoms with Crippen molar-refractivity contribution in [3.05, 3.63) is 70.7 Å². The molecule has 196 valence electrons. The molecular weight excluding hydrogens is 544 g/mol. The van der Waals surface area contributed by atoms with Crippen molar-refractivity contribution in [2.24, 2.45) is 17.3 Å². The number of allylic oxidation sites excluding steroid dienone is 1. The minimum absolute atomic E-state index is 0.00717. The van der Waals surface area contributed by atoms with Crippen LogP contribution in [0, 0.1) is 17.3 Å². The van der Waals surface area contributed by atoms with E-state index in [0.717, 1.165) is 22.7 Å². The van der Waals surface area contributed by atoms with Crippen molar-refractivity contribution in [3.8, 4) is 11.5 Å². The van der Waals surface area contributed by atoms with E-state index in [-0.39, 0.29) is 40.2 Å². The smallest absolute Gasteiger partial charge is 0.352 e. The van der Waals surface area contributed by atoms with Gasteiger partial charge >= 0.3 is 12.7 Å². The summed E-state index contributed by atoms with van der Waals surface area (Å²) in [6.45, 7) is 2.58. The van der Waals surface area contributed by atoms with Crippen molar-refractivity contribution in [1.29, 1.82) is 0 Å². The second-order valence-electron chi connectivity index (χ2n) is 8.48. The Morgan fingerprint density at radius 3 is 2.28 bits per heavy atom. The van der Waals surface area contributed by atoms with Crippen molar-refractivity contribution in [2.45, 2.75) is 27.4 Å². The van der Waals surface area contributed by atoms with Gasteiger partial charge in [-0.05, 0) is 53.5 Å². The molecular formula is C25H30Cl2NO6PS. The average Bonchev–Trinajstić information content (AvgIpc) is 3.37. The molecule has 0 radical (unpaired) electrons. The van der Waals surface area contributed by atoms with Gasteiger partial charge in [0.15, 0.2) is 0 Å². The standard InChI is InChI=1S/C21H20Cl2O3.C4H10NO3PS/c1-21(2)17(12-18(22)23)19(21)20(24)25-13-14-7-6-10-16(11-14)26-15-8-4-3-5-9-15;1-4(6)5-9(7,8-2)10-3/h3-12,17,19H,13H2,1-2H3;1-3H3,(H,5,6,7). The van der Waals surface area contributed by atoms with E-state index in [9.17, 15) is 14.2 Å². The van der Waals surface area contributed by atoms with Gasteiger partial charge in [-0.1, -0.05) is 78.8 Å². The van der Waals surface area contributed by atoms with Crippen molar-refractivity contribution in [1.82, 2.24) is 5.09 Å². The van der Waals surface area contributed by atoms with Gasteiger partial charge in [0.2, 0.25) is 5.91 Å². The van der Waals surface area contributed by atoms with Crippen LogP contribution in [0.15, 0.2) is 65.2 Å². The molecule has 1 amide bonds. The molecule has 7 nitrogen and oxygen atoms in total. The molecule has 0 spiro atoms. The van der Waals surface area contributed by atoms with Crippen LogP contribution in [0.4, 0.5) is 0 Å². The summed E-state index contributed by atoms with van der Waals surface area (Å²) >= 11 is 12.5. The summed E-state index contributed by atoms with van der Waals surface area (Å²) in [6, 6.07) is 17.0. The fourth-order valence-electron chi connectivity index (χ4n) is 3.50. The van der Waals surface area contributed by atoms with Crippen LogP contribution in [-0.2, 0) is 30.0 Å². The van der Waals surface area contributed by atoms with Crippen LogP contribution in [0.3, 0.4) is 0 Å². The molecule has 11 heteroatoms. The van der Waals surface area contributed by atoms with Gasteiger partial charge < -0.3 is 14.0 Å². The molecule has 0 aliphatic heterocycles. The third-order valence-electron chi connectivity index (χ3n) is 5.50. The predicted molar refractivity (Wildman–Crippen MR) is 145 cm³/mol. The topological polar surface area (TPSA) is 90.9 Å². The Morgan fingerprint density at radius 2 is 1.75 bits per heavy atom. The molecule has 1 aliphatic carbocycles. The highest BCUT2D eigenvalue weighted by Gasteiger charge is 2.61. The van der Waals surface area contributed by atoms with E-state index < -0.39 is 6.72 Å². The summed E-state index contributed by atoms with van der Waals surface area (Å²) in [4.78, 5) is 22.8. The Bertz CT molecular complexity index is 1120. The summed E-state index contributed by atoms with van der Waals surface area (Å²) in [5, 5.41) is 2.21. The van der Waals surface area contributed by atoms with E-state index in [1.807, 2.05) is 68.4 Å². The SMILES string of the molecule is CC1(C)C(C=C(Cl)Cl)C1C(=O)OCc1cccc(Oc2ccccc2)c1.COP(=O)(NC(C)=O)SC. The minimum atomic E-state index is -2.92. The highest BCUT2D eigenvalue weighted by atomic mass is 35.5. The number of hydrogen-bond donors (Lipinski definition) is 1. The minimum Gasteiger partial charge on any atom is -0.461 e. The number of benzene rings is 2. The van der Waals surface area contributed by atoms with Crippen LogP contribution in [0.2, 0.25) is 0 Å². The van der Waals surface area contributed by atoms with Gasteiger partial charge in [0.1, 0.15) is 22.6 Å². The number of carbonyl (C=O) groups excluding carboxylic acids is 2. The van der Waals surface area contributed by atoms with Crippen LogP contribution in [0.25, 0.3) is 0 Å². The van der Waals surface area contributed by atoms with Crippen molar-refractivity contribution >= 4 is 53.2 Å². The second-order valence-corrected chi connectivity index (χ2v) is 14.0. The number of rotatable bonds is 9. The molecule has 1 N–H and O–H groups in total. The van der Waals surface area contributed by atoms with Gasteiger partial charge in [0.25, 0.3) is 0 Å². The Morgan fingerprint density at radius 1 is 1.11 bits per heavy atom. The highest BCUT2D eigenvalue weighted by molar-refractivity contribution is 8.55. The lowest BCUT2D eigenvalue weighted by molar-refractivity contribution is -0.147. The van der Waals surface area contributed by atoms with Crippen molar-refractivity contribution in [2.75, 3.05) is 13.4 Å².